The van der Waals surface area contributed by atoms with E-state index in [2.05, 4.69) is 5.32 Å². The molecule has 0 saturated carbocycles. The van der Waals surface area contributed by atoms with Crippen molar-refractivity contribution in [1.29, 1.82) is 0 Å². The molecule has 0 radical (unpaired) electrons. The van der Waals surface area contributed by atoms with Crippen molar-refractivity contribution in [3.05, 3.63) is 0 Å². The van der Waals surface area contributed by atoms with E-state index in [9.17, 15) is 14.7 Å². The molecule has 2 atom stereocenters. The summed E-state index contributed by atoms with van der Waals surface area (Å²) in [5.41, 5.74) is -1.49. The Labute approximate surface area is 100 Å². The average Bonchev–Trinajstić information content (AvgIpc) is 2.11. The Morgan fingerprint density at radius 1 is 1.47 bits per heavy atom. The Hall–Kier alpha value is -1.34. The number of rotatable bonds is 6. The zero-order valence-corrected chi connectivity index (χ0v) is 10.3. The van der Waals surface area contributed by atoms with Crippen LogP contribution in [0.5, 0.6) is 0 Å². The van der Waals surface area contributed by atoms with Crippen LogP contribution in [0.15, 0.2) is 0 Å². The lowest BCUT2D eigenvalue weighted by molar-refractivity contribution is -0.141. The highest BCUT2D eigenvalue weighted by Crippen LogP contribution is 2.07. The van der Waals surface area contributed by atoms with Gasteiger partial charge in [-0.1, -0.05) is 0 Å². The Kier molecular flexibility index (Phi) is 5.90. The molecule has 17 heavy (non-hydrogen) atoms. The van der Waals surface area contributed by atoms with Gasteiger partial charge in [0.2, 0.25) is 0 Å². The van der Waals surface area contributed by atoms with Gasteiger partial charge >= 0.3 is 12.0 Å². The minimum absolute atomic E-state index is 0.160. The first-order valence-electron chi connectivity index (χ1n) is 5.25. The van der Waals surface area contributed by atoms with Crippen LogP contribution in [0, 0.1) is 0 Å². The molecule has 0 aromatic heterocycles. The van der Waals surface area contributed by atoms with Crippen LogP contribution in [0.4, 0.5) is 4.79 Å². The number of hydrogen-bond donors (Lipinski definition) is 4. The number of carbonyl (C=O) groups excluding carboxylic acids is 1. The maximum absolute atomic E-state index is 11.5. The number of aliphatic carboxylic acids is 1. The molecule has 0 aliphatic carbocycles. The van der Waals surface area contributed by atoms with Gasteiger partial charge in [0.05, 0.1) is 18.1 Å². The van der Waals surface area contributed by atoms with E-state index in [1.807, 2.05) is 0 Å². The number of carboxylic acid groups (broad SMARTS) is 1. The molecule has 0 aliphatic heterocycles. The van der Waals surface area contributed by atoms with Crippen molar-refractivity contribution in [1.82, 2.24) is 10.2 Å². The molecular formula is C10H20N2O5. The Bertz CT molecular complexity index is 278. The summed E-state index contributed by atoms with van der Waals surface area (Å²) in [5.74, 6) is -1.14. The summed E-state index contributed by atoms with van der Waals surface area (Å²) in [4.78, 5) is 23.1. The maximum Gasteiger partial charge on any atom is 0.317 e. The second-order valence-electron chi connectivity index (χ2n) is 4.46. The fraction of sp³-hybridized carbons (Fsp3) is 0.800. The molecule has 0 aliphatic rings. The number of hydrogen-bond acceptors (Lipinski definition) is 4. The van der Waals surface area contributed by atoms with Crippen LogP contribution in [0.2, 0.25) is 0 Å². The van der Waals surface area contributed by atoms with Gasteiger partial charge in [-0.3, -0.25) is 4.79 Å². The topological polar surface area (TPSA) is 110 Å². The van der Waals surface area contributed by atoms with E-state index < -0.39 is 30.1 Å². The largest absolute Gasteiger partial charge is 0.481 e. The number of carbonyl (C=O) groups is 2. The number of urea groups is 1. The monoisotopic (exact) mass is 248 g/mol. The predicted octanol–water partition coefficient (Wildman–Crippen LogP) is -0.766. The maximum atomic E-state index is 11.5. The summed E-state index contributed by atoms with van der Waals surface area (Å²) in [6.07, 6.45) is -1.10. The highest BCUT2D eigenvalue weighted by Gasteiger charge is 2.25. The molecule has 100 valence electrons. The fourth-order valence-electron chi connectivity index (χ4n) is 1.27. The minimum Gasteiger partial charge on any atom is -0.481 e. The highest BCUT2D eigenvalue weighted by molar-refractivity contribution is 5.74. The fourth-order valence-corrected chi connectivity index (χ4v) is 1.27. The molecule has 4 N–H and O–H groups in total. The van der Waals surface area contributed by atoms with E-state index in [1.54, 1.807) is 6.92 Å². The van der Waals surface area contributed by atoms with Gasteiger partial charge < -0.3 is 25.5 Å². The third-order valence-electron chi connectivity index (χ3n) is 2.04. The summed E-state index contributed by atoms with van der Waals surface area (Å²) in [5, 5.41) is 29.6. The molecule has 0 aromatic carbocycles. The summed E-state index contributed by atoms with van der Waals surface area (Å²) < 4.78 is 0. The number of nitrogens with zero attached hydrogens (tertiary/aromatic N) is 1. The first-order valence-corrected chi connectivity index (χ1v) is 5.25. The number of likely N-dealkylation sites (N-methyl/N-ethyl adjacent to an activating group) is 1. The SMILES string of the molecule is CC(O)CN(C)C(=O)NCC(C)(O)CC(=O)O. The van der Waals surface area contributed by atoms with E-state index in [0.717, 1.165) is 0 Å². The highest BCUT2D eigenvalue weighted by atomic mass is 16.4. The summed E-state index contributed by atoms with van der Waals surface area (Å²) in [7, 11) is 1.49. The summed E-state index contributed by atoms with van der Waals surface area (Å²) in [6.45, 7) is 2.87. The second kappa shape index (κ2) is 6.41. The molecule has 0 aromatic rings. The van der Waals surface area contributed by atoms with Crippen molar-refractivity contribution in [2.24, 2.45) is 0 Å². The molecule has 0 fully saturated rings. The van der Waals surface area contributed by atoms with Gasteiger partial charge in [0.1, 0.15) is 0 Å². The van der Waals surface area contributed by atoms with Gasteiger partial charge in [-0.15, -0.1) is 0 Å². The Morgan fingerprint density at radius 2 is 2.00 bits per heavy atom. The molecule has 0 rings (SSSR count). The van der Waals surface area contributed by atoms with Crippen molar-refractivity contribution >= 4 is 12.0 Å². The lowest BCUT2D eigenvalue weighted by Crippen LogP contribution is -2.47. The molecule has 0 saturated heterocycles. The zero-order chi connectivity index (χ0) is 13.6. The lowest BCUT2D eigenvalue weighted by Gasteiger charge is -2.24. The summed E-state index contributed by atoms with van der Waals surface area (Å²) >= 11 is 0. The number of aliphatic hydroxyl groups is 2. The van der Waals surface area contributed by atoms with Gasteiger partial charge in [-0.05, 0) is 13.8 Å². The molecular weight excluding hydrogens is 228 g/mol. The van der Waals surface area contributed by atoms with Crippen LogP contribution < -0.4 is 5.32 Å². The Morgan fingerprint density at radius 3 is 2.41 bits per heavy atom. The van der Waals surface area contributed by atoms with E-state index in [1.165, 1.54) is 18.9 Å². The Balaban J connectivity index is 4.10. The van der Waals surface area contributed by atoms with Crippen LogP contribution in [-0.2, 0) is 4.79 Å². The van der Waals surface area contributed by atoms with Crippen LogP contribution in [0.25, 0.3) is 0 Å². The second-order valence-corrected chi connectivity index (χ2v) is 4.46. The number of carboxylic acids is 1. The lowest BCUT2D eigenvalue weighted by atomic mass is 10.0. The third-order valence-corrected chi connectivity index (χ3v) is 2.04. The van der Waals surface area contributed by atoms with Crippen LogP contribution in [-0.4, -0.2) is 64.1 Å². The van der Waals surface area contributed by atoms with Crippen molar-refractivity contribution in [3.63, 3.8) is 0 Å². The van der Waals surface area contributed by atoms with Crippen LogP contribution in [0.3, 0.4) is 0 Å². The van der Waals surface area contributed by atoms with E-state index in [4.69, 9.17) is 10.2 Å². The van der Waals surface area contributed by atoms with Crippen molar-refractivity contribution in [2.45, 2.75) is 32.0 Å². The molecule has 7 heteroatoms. The number of amides is 2. The van der Waals surface area contributed by atoms with Gasteiger partial charge in [0.25, 0.3) is 0 Å². The van der Waals surface area contributed by atoms with Crippen LogP contribution in [0.1, 0.15) is 20.3 Å². The van der Waals surface area contributed by atoms with E-state index in [0.29, 0.717) is 0 Å². The predicted molar refractivity (Wildman–Crippen MR) is 60.6 cm³/mol. The minimum atomic E-state index is -1.49. The molecule has 0 bridgehead atoms. The van der Waals surface area contributed by atoms with Crippen molar-refractivity contribution in [3.8, 4) is 0 Å². The smallest absolute Gasteiger partial charge is 0.317 e. The van der Waals surface area contributed by atoms with E-state index >= 15 is 0 Å². The van der Waals surface area contributed by atoms with Crippen molar-refractivity contribution in [2.75, 3.05) is 20.1 Å². The van der Waals surface area contributed by atoms with Crippen molar-refractivity contribution < 1.29 is 24.9 Å². The standard InChI is InChI=1S/C10H20N2O5/c1-7(13)5-12(3)9(16)11-6-10(2,17)4-8(14)15/h7,13,17H,4-6H2,1-3H3,(H,11,16)(H,14,15). The average molecular weight is 248 g/mol. The molecule has 2 amide bonds. The van der Waals surface area contributed by atoms with E-state index in [-0.39, 0.29) is 13.1 Å². The summed E-state index contributed by atoms with van der Waals surface area (Å²) in [6, 6.07) is -0.475. The number of nitrogens with one attached hydrogen (secondary N) is 1. The van der Waals surface area contributed by atoms with Crippen LogP contribution >= 0.6 is 0 Å². The normalized spacial score (nSPS) is 15.8. The van der Waals surface area contributed by atoms with Gasteiger partial charge in [0, 0.05) is 20.1 Å². The molecule has 0 heterocycles. The quantitative estimate of drug-likeness (QED) is 0.493. The van der Waals surface area contributed by atoms with Gasteiger partial charge in [-0.25, -0.2) is 4.79 Å². The zero-order valence-electron chi connectivity index (χ0n) is 10.3. The molecule has 0 spiro atoms. The first kappa shape index (κ1) is 15.7. The molecule has 2 unspecified atom stereocenters. The third kappa shape index (κ3) is 7.53. The van der Waals surface area contributed by atoms with Gasteiger partial charge in [0.15, 0.2) is 0 Å². The first-order chi connectivity index (χ1) is 7.64. The number of aliphatic hydroxyl groups excluding tert-OH is 1. The van der Waals surface area contributed by atoms with Gasteiger partial charge in [-0.2, -0.15) is 0 Å². The molecule has 7 nitrogen and oxygen atoms in total.